The van der Waals surface area contributed by atoms with Gasteiger partial charge in [-0.25, -0.2) is 0 Å². The minimum absolute atomic E-state index is 0.0210. The zero-order chi connectivity index (χ0) is 26.8. The van der Waals surface area contributed by atoms with Crippen LogP contribution in [0.3, 0.4) is 0 Å². The fourth-order valence-corrected chi connectivity index (χ4v) is 3.13. The van der Waals surface area contributed by atoms with Crippen LogP contribution in [0, 0.1) is 0 Å². The summed E-state index contributed by atoms with van der Waals surface area (Å²) >= 11 is 0.194. The number of aliphatic imine (C=N–C) groups is 2. The molecule has 1 heterocycles. The summed E-state index contributed by atoms with van der Waals surface area (Å²) in [7, 11) is 13.0. The number of anilines is 2. The monoisotopic (exact) mass is 568 g/mol. The van der Waals surface area contributed by atoms with Gasteiger partial charge in [0.25, 0.3) is 0 Å². The first kappa shape index (κ1) is 29.3. The summed E-state index contributed by atoms with van der Waals surface area (Å²) < 4.78 is 0. The van der Waals surface area contributed by atoms with E-state index < -0.39 is 0 Å². The molecule has 1 aromatic heterocycles. The first-order valence-corrected chi connectivity index (χ1v) is 13.9. The van der Waals surface area contributed by atoms with Crippen molar-refractivity contribution in [2.45, 2.75) is 27.7 Å². The van der Waals surface area contributed by atoms with Crippen molar-refractivity contribution in [1.82, 2.24) is 4.98 Å². The van der Waals surface area contributed by atoms with Crippen molar-refractivity contribution >= 4 is 66.2 Å². The molecule has 0 saturated heterocycles. The van der Waals surface area contributed by atoms with Gasteiger partial charge >= 0.3 is 33.3 Å². The summed E-state index contributed by atoms with van der Waals surface area (Å²) in [6.45, 7) is 6.89. The number of nitrogens with zero attached hydrogens (tertiary/aromatic N) is 5. The second-order valence-electron chi connectivity index (χ2n) is 7.85. The molecule has 0 N–H and O–H groups in total. The summed E-state index contributed by atoms with van der Waals surface area (Å²) in [6, 6.07) is 18.8. The molecule has 0 bridgehead atoms. The van der Waals surface area contributed by atoms with Crippen LogP contribution in [0.1, 0.15) is 39.1 Å². The Morgan fingerprint density at radius 3 is 1.25 bits per heavy atom. The van der Waals surface area contributed by atoms with Gasteiger partial charge in [0.05, 0.1) is 11.4 Å². The van der Waals surface area contributed by atoms with Crippen molar-refractivity contribution in [2.24, 2.45) is 9.98 Å². The molecule has 10 heteroatoms. The zero-order valence-corrected chi connectivity index (χ0v) is 23.6. The van der Waals surface area contributed by atoms with Crippen LogP contribution in [-0.4, -0.2) is 37.3 Å². The standard InChI is InChI=1S/C26H28N5O2.2ClH.Fe/c1-17(27-21-7-11-23(12-8-21)30(5)19(3)32)25-15-16-26(29-25)18(2)28-22-9-13-24(14-10-22)31(6)20(4)33;;;/h7-16H,1-6H3;2*1H;/q-1;;;+3/p-2. The number of carbonyl (C=O) groups excluding carboxylic acids is 2. The van der Waals surface area contributed by atoms with Crippen LogP contribution < -0.4 is 14.8 Å². The minimum atomic E-state index is -0.0210. The van der Waals surface area contributed by atoms with Crippen molar-refractivity contribution in [3.63, 3.8) is 0 Å². The second kappa shape index (κ2) is 14.0. The Labute approximate surface area is 226 Å². The molecule has 2 aromatic carbocycles. The molecule has 0 saturated carbocycles. The fourth-order valence-electron chi connectivity index (χ4n) is 3.13. The molecule has 3 aromatic rings. The van der Waals surface area contributed by atoms with Gasteiger partial charge in [-0.15, -0.1) is 11.4 Å². The fraction of sp³-hybridized carbons (Fsp3) is 0.231. The summed E-state index contributed by atoms with van der Waals surface area (Å²) in [6.07, 6.45) is 0. The molecule has 0 spiro atoms. The maximum atomic E-state index is 11.5. The topological polar surface area (TPSA) is 79.4 Å². The van der Waals surface area contributed by atoms with E-state index in [2.05, 4.69) is 15.0 Å². The summed E-state index contributed by atoms with van der Waals surface area (Å²) in [5.41, 5.74) is 6.36. The van der Waals surface area contributed by atoms with Gasteiger partial charge in [-0.05, 0) is 62.4 Å². The Hall–Kier alpha value is -2.90. The van der Waals surface area contributed by atoms with Gasteiger partial charge in [0.1, 0.15) is 0 Å². The van der Waals surface area contributed by atoms with E-state index in [0.29, 0.717) is 0 Å². The molecule has 0 aliphatic rings. The Balaban J connectivity index is 0.00000145. The van der Waals surface area contributed by atoms with E-state index >= 15 is 0 Å². The average molecular weight is 569 g/mol. The molecular formula is C26H28Cl2FeN5O2. The number of benzene rings is 2. The van der Waals surface area contributed by atoms with Gasteiger partial charge in [0.15, 0.2) is 0 Å². The van der Waals surface area contributed by atoms with Crippen molar-refractivity contribution < 1.29 is 22.7 Å². The molecule has 7 nitrogen and oxygen atoms in total. The van der Waals surface area contributed by atoms with Crippen LogP contribution >= 0.6 is 20.2 Å². The van der Waals surface area contributed by atoms with E-state index in [1.165, 1.54) is 13.8 Å². The molecule has 36 heavy (non-hydrogen) atoms. The van der Waals surface area contributed by atoms with Crippen LogP contribution in [-0.2, 0) is 22.7 Å². The zero-order valence-electron chi connectivity index (χ0n) is 20.9. The average Bonchev–Trinajstić information content (AvgIpc) is 3.35. The summed E-state index contributed by atoms with van der Waals surface area (Å²) in [5.74, 6) is -0.0420. The van der Waals surface area contributed by atoms with Crippen molar-refractivity contribution in [3.05, 3.63) is 72.1 Å². The van der Waals surface area contributed by atoms with Gasteiger partial charge in [-0.1, -0.05) is 12.1 Å². The van der Waals surface area contributed by atoms with Crippen LogP contribution in [0.5, 0.6) is 0 Å². The molecular weight excluding hydrogens is 541 g/mol. The van der Waals surface area contributed by atoms with Gasteiger partial charge in [0.2, 0.25) is 11.8 Å². The molecule has 0 aliphatic heterocycles. The molecule has 191 valence electrons. The SMILES string of the molecule is CC(=O)N(C)c1ccc(N=C(C)c2ccc(C(C)=Nc3ccc(N(C)C(C)=O)cc3)[n-]2)cc1.[Cl][Fe+][Cl]. The number of amides is 2. The van der Waals surface area contributed by atoms with E-state index in [4.69, 9.17) is 20.2 Å². The second-order valence-corrected chi connectivity index (χ2v) is 9.67. The third-order valence-electron chi connectivity index (χ3n) is 5.39. The van der Waals surface area contributed by atoms with Crippen molar-refractivity contribution in [2.75, 3.05) is 23.9 Å². The van der Waals surface area contributed by atoms with Crippen LogP contribution in [0.15, 0.2) is 70.6 Å². The third kappa shape index (κ3) is 8.35. The van der Waals surface area contributed by atoms with Crippen LogP contribution in [0.25, 0.3) is 0 Å². The van der Waals surface area contributed by atoms with Crippen LogP contribution in [0.4, 0.5) is 22.7 Å². The van der Waals surface area contributed by atoms with Gasteiger partial charge in [-0.2, -0.15) is 0 Å². The molecule has 0 atom stereocenters. The Bertz CT molecular complexity index is 1140. The van der Waals surface area contributed by atoms with E-state index in [1.807, 2.05) is 74.5 Å². The molecule has 0 unspecified atom stereocenters. The number of carbonyl (C=O) groups is 2. The maximum absolute atomic E-state index is 11.5. The van der Waals surface area contributed by atoms with Crippen molar-refractivity contribution in [3.8, 4) is 0 Å². The molecule has 0 fully saturated rings. The first-order valence-electron chi connectivity index (χ1n) is 10.9. The summed E-state index contributed by atoms with van der Waals surface area (Å²) in [4.78, 5) is 40.1. The van der Waals surface area contributed by atoms with Gasteiger partial charge < -0.3 is 14.8 Å². The van der Waals surface area contributed by atoms with E-state index in [-0.39, 0.29) is 24.9 Å². The van der Waals surface area contributed by atoms with Crippen LogP contribution in [0.2, 0.25) is 0 Å². The van der Waals surface area contributed by atoms with Gasteiger partial charge in [-0.3, -0.25) is 19.6 Å². The Kier molecular flexibility index (Phi) is 11.4. The van der Waals surface area contributed by atoms with Gasteiger partial charge in [0, 0.05) is 50.7 Å². The summed E-state index contributed by atoms with van der Waals surface area (Å²) in [5, 5.41) is 0. The number of hydrogen-bond donors (Lipinski definition) is 0. The molecule has 3 rings (SSSR count). The number of rotatable bonds is 6. The molecule has 2 amide bonds. The number of aromatic nitrogens is 1. The predicted octanol–water partition coefficient (Wildman–Crippen LogP) is 6.27. The number of halogens is 2. The quantitative estimate of drug-likeness (QED) is 0.260. The van der Waals surface area contributed by atoms with E-state index in [0.717, 1.165) is 45.6 Å². The van der Waals surface area contributed by atoms with Crippen molar-refractivity contribution in [1.29, 1.82) is 0 Å². The first-order chi connectivity index (χ1) is 17.1. The molecule has 0 aliphatic carbocycles. The van der Waals surface area contributed by atoms with E-state index in [9.17, 15) is 9.59 Å². The van der Waals surface area contributed by atoms with E-state index in [1.54, 1.807) is 23.9 Å². The Morgan fingerprint density at radius 2 is 0.972 bits per heavy atom. The molecule has 0 radical (unpaired) electrons. The predicted molar refractivity (Wildman–Crippen MR) is 146 cm³/mol. The number of hydrogen-bond acceptors (Lipinski definition) is 4. The normalized spacial score (nSPS) is 11.4. The Morgan fingerprint density at radius 1 is 0.667 bits per heavy atom. The third-order valence-corrected chi connectivity index (χ3v) is 5.39.